The maximum atomic E-state index is 11.0. The Bertz CT molecular complexity index is 497. The third-order valence-corrected chi connectivity index (χ3v) is 4.61. The molecule has 0 heterocycles. The molecular weight excluding hydrogens is 308 g/mol. The zero-order valence-corrected chi connectivity index (χ0v) is 12.9. The largest absolute Gasteiger partial charge is 0.495 e. The van der Waals surface area contributed by atoms with Crippen LogP contribution in [0.2, 0.25) is 0 Å². The van der Waals surface area contributed by atoms with Crippen molar-refractivity contribution in [2.45, 2.75) is 39.0 Å². The first-order chi connectivity index (χ1) is 9.04. The van der Waals surface area contributed by atoms with Gasteiger partial charge in [-0.05, 0) is 64.7 Å². The number of carboxylic acids is 1. The molecule has 0 bridgehead atoms. The molecule has 1 aliphatic rings. The molecule has 1 unspecified atom stereocenters. The van der Waals surface area contributed by atoms with Gasteiger partial charge in [0, 0.05) is 0 Å². The lowest BCUT2D eigenvalue weighted by atomic mass is 9.88. The molecule has 0 saturated heterocycles. The highest BCUT2D eigenvalue weighted by atomic mass is 79.9. The number of carbonyl (C=O) groups is 1. The average Bonchev–Trinajstić information content (AvgIpc) is 2.39. The zero-order chi connectivity index (χ0) is 14.0. The third kappa shape index (κ3) is 2.94. The van der Waals surface area contributed by atoms with Crippen molar-refractivity contribution in [3.05, 3.63) is 27.2 Å². The second kappa shape index (κ2) is 5.95. The van der Waals surface area contributed by atoms with Crippen LogP contribution in [0.4, 0.5) is 0 Å². The summed E-state index contributed by atoms with van der Waals surface area (Å²) in [5.41, 5.74) is 3.66. The van der Waals surface area contributed by atoms with E-state index in [1.807, 2.05) is 0 Å². The number of hydrogen-bond acceptors (Lipinski definition) is 2. The second-order valence-corrected chi connectivity index (χ2v) is 5.96. The number of rotatable bonds is 4. The van der Waals surface area contributed by atoms with E-state index in [0.717, 1.165) is 28.6 Å². The van der Waals surface area contributed by atoms with Crippen LogP contribution in [0.15, 0.2) is 10.5 Å². The summed E-state index contributed by atoms with van der Waals surface area (Å²) in [6.45, 7) is 1.73. The Morgan fingerprint density at radius 2 is 2.16 bits per heavy atom. The third-order valence-electron chi connectivity index (χ3n) is 3.77. The number of fused-ring (bicyclic) bond motifs is 1. The topological polar surface area (TPSA) is 46.5 Å². The van der Waals surface area contributed by atoms with Crippen LogP contribution in [-0.4, -0.2) is 18.2 Å². The summed E-state index contributed by atoms with van der Waals surface area (Å²) in [5.74, 6) is -0.368. The van der Waals surface area contributed by atoms with Gasteiger partial charge in [0.25, 0.3) is 0 Å². The maximum Gasteiger partial charge on any atom is 0.306 e. The fourth-order valence-electron chi connectivity index (χ4n) is 2.68. The molecule has 0 fully saturated rings. The Kier molecular flexibility index (Phi) is 4.50. The molecule has 1 N–H and O–H groups in total. The first-order valence-corrected chi connectivity index (χ1v) is 7.43. The number of halogens is 1. The van der Waals surface area contributed by atoms with Crippen molar-refractivity contribution in [1.29, 1.82) is 0 Å². The molecule has 1 aromatic rings. The van der Waals surface area contributed by atoms with E-state index in [4.69, 9.17) is 9.84 Å². The molecule has 0 radical (unpaired) electrons. The van der Waals surface area contributed by atoms with Gasteiger partial charge in [-0.1, -0.05) is 13.0 Å². The molecule has 4 heteroatoms. The summed E-state index contributed by atoms with van der Waals surface area (Å²) < 4.78 is 6.50. The predicted octanol–water partition coefficient (Wildman–Crippen LogP) is 3.60. The van der Waals surface area contributed by atoms with Crippen LogP contribution >= 0.6 is 15.9 Å². The molecule has 3 nitrogen and oxygen atoms in total. The van der Waals surface area contributed by atoms with Gasteiger partial charge in [0.1, 0.15) is 5.75 Å². The summed E-state index contributed by atoms with van der Waals surface area (Å²) in [5, 5.41) is 9.06. The highest BCUT2D eigenvalue weighted by Gasteiger charge is 2.22. The monoisotopic (exact) mass is 326 g/mol. The molecule has 1 atom stereocenters. The molecule has 1 aliphatic carbocycles. The molecule has 0 saturated carbocycles. The molecule has 19 heavy (non-hydrogen) atoms. The van der Waals surface area contributed by atoms with E-state index < -0.39 is 11.9 Å². The maximum absolute atomic E-state index is 11.0. The van der Waals surface area contributed by atoms with Crippen LogP contribution in [0.3, 0.4) is 0 Å². The summed E-state index contributed by atoms with van der Waals surface area (Å²) in [4.78, 5) is 11.0. The van der Waals surface area contributed by atoms with E-state index >= 15 is 0 Å². The van der Waals surface area contributed by atoms with Crippen molar-refractivity contribution in [3.63, 3.8) is 0 Å². The molecule has 0 amide bonds. The van der Waals surface area contributed by atoms with Crippen LogP contribution in [-0.2, 0) is 24.1 Å². The van der Waals surface area contributed by atoms with Gasteiger partial charge in [0.2, 0.25) is 0 Å². The first kappa shape index (κ1) is 14.4. The van der Waals surface area contributed by atoms with Gasteiger partial charge in [-0.15, -0.1) is 0 Å². The SMILES string of the molecule is COc1c(CC(C)C(=O)O)cc2c(c1Br)CCCC2. The summed E-state index contributed by atoms with van der Waals surface area (Å²) in [6, 6.07) is 2.14. The molecule has 1 aromatic carbocycles. The van der Waals surface area contributed by atoms with Gasteiger partial charge in [0.15, 0.2) is 0 Å². The molecular formula is C15H19BrO3. The average molecular weight is 327 g/mol. The Morgan fingerprint density at radius 3 is 2.79 bits per heavy atom. The van der Waals surface area contributed by atoms with Gasteiger partial charge >= 0.3 is 5.97 Å². The van der Waals surface area contributed by atoms with Crippen molar-refractivity contribution in [1.82, 2.24) is 0 Å². The lowest BCUT2D eigenvalue weighted by Crippen LogP contribution is -2.14. The van der Waals surface area contributed by atoms with Gasteiger partial charge in [-0.25, -0.2) is 0 Å². The molecule has 0 spiro atoms. The molecule has 0 aromatic heterocycles. The van der Waals surface area contributed by atoms with Crippen molar-refractivity contribution < 1.29 is 14.6 Å². The summed E-state index contributed by atoms with van der Waals surface area (Å²) in [6.07, 6.45) is 5.07. The van der Waals surface area contributed by atoms with E-state index in [-0.39, 0.29) is 0 Å². The van der Waals surface area contributed by atoms with Gasteiger partial charge in [-0.2, -0.15) is 0 Å². The van der Waals surface area contributed by atoms with Crippen LogP contribution in [0.25, 0.3) is 0 Å². The minimum Gasteiger partial charge on any atom is -0.495 e. The fourth-order valence-corrected chi connectivity index (χ4v) is 3.55. The number of aliphatic carboxylic acids is 1. The van der Waals surface area contributed by atoms with Gasteiger partial charge in [0.05, 0.1) is 17.5 Å². The van der Waals surface area contributed by atoms with Crippen LogP contribution in [0, 0.1) is 5.92 Å². The quantitative estimate of drug-likeness (QED) is 0.919. The number of methoxy groups -OCH3 is 1. The first-order valence-electron chi connectivity index (χ1n) is 6.64. The number of ether oxygens (including phenoxy) is 1. The fraction of sp³-hybridized carbons (Fsp3) is 0.533. The number of hydrogen-bond donors (Lipinski definition) is 1. The van der Waals surface area contributed by atoms with Crippen molar-refractivity contribution in [2.24, 2.45) is 5.92 Å². The number of carboxylic acid groups (broad SMARTS) is 1. The van der Waals surface area contributed by atoms with Crippen molar-refractivity contribution >= 4 is 21.9 Å². The Labute approximate surface area is 122 Å². The smallest absolute Gasteiger partial charge is 0.306 e. The normalized spacial score (nSPS) is 15.7. The van der Waals surface area contributed by atoms with E-state index in [2.05, 4.69) is 22.0 Å². The molecule has 0 aliphatic heterocycles. The summed E-state index contributed by atoms with van der Waals surface area (Å²) in [7, 11) is 1.64. The number of benzene rings is 1. The highest BCUT2D eigenvalue weighted by Crippen LogP contribution is 2.39. The van der Waals surface area contributed by atoms with Crippen LogP contribution in [0.5, 0.6) is 5.75 Å². The van der Waals surface area contributed by atoms with Gasteiger partial charge in [-0.3, -0.25) is 4.79 Å². The Hall–Kier alpha value is -1.03. The van der Waals surface area contributed by atoms with Gasteiger partial charge < -0.3 is 9.84 Å². The molecule has 104 valence electrons. The second-order valence-electron chi connectivity index (χ2n) is 5.17. The predicted molar refractivity (Wildman–Crippen MR) is 77.8 cm³/mol. The highest BCUT2D eigenvalue weighted by molar-refractivity contribution is 9.10. The van der Waals surface area contributed by atoms with Crippen molar-refractivity contribution in [3.8, 4) is 5.75 Å². The van der Waals surface area contributed by atoms with E-state index in [9.17, 15) is 4.79 Å². The minimum atomic E-state index is -0.768. The van der Waals surface area contributed by atoms with E-state index in [0.29, 0.717) is 6.42 Å². The zero-order valence-electron chi connectivity index (χ0n) is 11.3. The van der Waals surface area contributed by atoms with E-state index in [1.54, 1.807) is 14.0 Å². The lowest BCUT2D eigenvalue weighted by Gasteiger charge is -2.22. The Balaban J connectivity index is 2.42. The Morgan fingerprint density at radius 1 is 1.47 bits per heavy atom. The minimum absolute atomic E-state index is 0.401. The summed E-state index contributed by atoms with van der Waals surface area (Å²) >= 11 is 3.63. The van der Waals surface area contributed by atoms with E-state index in [1.165, 1.54) is 24.0 Å². The lowest BCUT2D eigenvalue weighted by molar-refractivity contribution is -0.141. The molecule has 2 rings (SSSR count). The van der Waals surface area contributed by atoms with Crippen LogP contribution in [0.1, 0.15) is 36.5 Å². The number of aryl methyl sites for hydroxylation is 1. The van der Waals surface area contributed by atoms with Crippen LogP contribution < -0.4 is 4.74 Å². The van der Waals surface area contributed by atoms with Crippen molar-refractivity contribution in [2.75, 3.05) is 7.11 Å². The standard InChI is InChI=1S/C15H19BrO3/c1-9(15(17)18)7-11-8-10-5-3-4-6-12(10)13(16)14(11)19-2/h8-9H,3-7H2,1-2H3,(H,17,18).